The van der Waals surface area contributed by atoms with E-state index in [9.17, 15) is 4.79 Å². The number of nitrogens with zero attached hydrogens (tertiary/aromatic N) is 1. The van der Waals surface area contributed by atoms with Crippen molar-refractivity contribution in [2.24, 2.45) is 0 Å². The number of carbonyl (C=O) groups excluding carboxylic acids is 1. The third-order valence-corrected chi connectivity index (χ3v) is 2.06. The first-order valence-corrected chi connectivity index (χ1v) is 4.45. The van der Waals surface area contributed by atoms with Crippen LogP contribution in [0.1, 0.15) is 13.3 Å². The maximum Gasteiger partial charge on any atom is 0.315 e. The fourth-order valence-electron chi connectivity index (χ4n) is 1.45. The Hall–Kier alpha value is -0.770. The van der Waals surface area contributed by atoms with Gasteiger partial charge in [0.05, 0.1) is 0 Å². The molecule has 0 bridgehead atoms. The maximum atomic E-state index is 11.1. The largest absolute Gasteiger partial charge is 0.338 e. The molecule has 1 rings (SSSR count). The summed E-state index contributed by atoms with van der Waals surface area (Å²) >= 11 is 0. The average Bonchev–Trinajstić information content (AvgIpc) is 2.36. The van der Waals surface area contributed by atoms with Crippen molar-refractivity contribution in [1.29, 1.82) is 0 Å². The summed E-state index contributed by atoms with van der Waals surface area (Å²) in [6.45, 7) is 4.66. The van der Waals surface area contributed by atoms with Crippen molar-refractivity contribution in [1.82, 2.24) is 15.5 Å². The average molecular weight is 171 g/mol. The molecule has 1 heterocycles. The lowest BCUT2D eigenvalue weighted by atomic mass is 10.3. The fraction of sp³-hybridized carbons (Fsp3) is 0.875. The summed E-state index contributed by atoms with van der Waals surface area (Å²) < 4.78 is 0. The van der Waals surface area contributed by atoms with Crippen LogP contribution in [0.5, 0.6) is 0 Å². The predicted molar refractivity (Wildman–Crippen MR) is 48.1 cm³/mol. The Kier molecular flexibility index (Phi) is 3.34. The number of likely N-dealkylation sites (N-methyl/N-ethyl adjacent to an activating group) is 1. The molecule has 4 nitrogen and oxygen atoms in total. The van der Waals surface area contributed by atoms with E-state index >= 15 is 0 Å². The Morgan fingerprint density at radius 1 is 1.67 bits per heavy atom. The quantitative estimate of drug-likeness (QED) is 0.614. The highest BCUT2D eigenvalue weighted by Gasteiger charge is 2.20. The molecule has 12 heavy (non-hydrogen) atoms. The van der Waals surface area contributed by atoms with Crippen molar-refractivity contribution >= 4 is 6.03 Å². The van der Waals surface area contributed by atoms with Gasteiger partial charge in [-0.1, -0.05) is 0 Å². The van der Waals surface area contributed by atoms with Crippen LogP contribution in [0, 0.1) is 0 Å². The third-order valence-electron chi connectivity index (χ3n) is 2.06. The Bertz CT molecular complexity index is 160. The van der Waals surface area contributed by atoms with Crippen molar-refractivity contribution in [2.45, 2.75) is 19.4 Å². The van der Waals surface area contributed by atoms with Gasteiger partial charge < -0.3 is 15.5 Å². The van der Waals surface area contributed by atoms with Crippen molar-refractivity contribution in [2.75, 3.05) is 26.7 Å². The number of amides is 2. The van der Waals surface area contributed by atoms with E-state index in [1.807, 2.05) is 6.92 Å². The highest BCUT2D eigenvalue weighted by atomic mass is 16.2. The Labute approximate surface area is 73.3 Å². The molecule has 2 amide bonds. The summed E-state index contributed by atoms with van der Waals surface area (Å²) in [5, 5.41) is 5.64. The predicted octanol–water partition coefficient (Wildman–Crippen LogP) is 0.00960. The summed E-state index contributed by atoms with van der Waals surface area (Å²) in [7, 11) is 2.07. The minimum Gasteiger partial charge on any atom is -0.338 e. The van der Waals surface area contributed by atoms with E-state index in [0.717, 1.165) is 19.5 Å². The number of hydrogen-bond acceptors (Lipinski definition) is 2. The van der Waals surface area contributed by atoms with Gasteiger partial charge in [0, 0.05) is 19.1 Å². The molecule has 0 aromatic carbocycles. The van der Waals surface area contributed by atoms with Crippen molar-refractivity contribution in [3.05, 3.63) is 0 Å². The minimum absolute atomic E-state index is 0.0437. The van der Waals surface area contributed by atoms with Gasteiger partial charge >= 0.3 is 6.03 Å². The van der Waals surface area contributed by atoms with Gasteiger partial charge in [0.2, 0.25) is 0 Å². The summed E-state index contributed by atoms with van der Waals surface area (Å²) in [4.78, 5) is 13.3. The molecule has 1 fully saturated rings. The van der Waals surface area contributed by atoms with E-state index in [1.165, 1.54) is 0 Å². The van der Waals surface area contributed by atoms with Crippen LogP contribution in [0.2, 0.25) is 0 Å². The maximum absolute atomic E-state index is 11.1. The van der Waals surface area contributed by atoms with Gasteiger partial charge in [0.1, 0.15) is 0 Å². The van der Waals surface area contributed by atoms with Crippen LogP contribution in [0.25, 0.3) is 0 Å². The van der Waals surface area contributed by atoms with Gasteiger partial charge in [-0.3, -0.25) is 0 Å². The standard InChI is InChI=1S/C8H17N3O/c1-3-9-8(12)10-7-4-5-11(2)6-7/h7H,3-6H2,1-2H3,(H2,9,10,12). The molecule has 4 heteroatoms. The van der Waals surface area contributed by atoms with Gasteiger partial charge in [-0.05, 0) is 26.9 Å². The van der Waals surface area contributed by atoms with Crippen LogP contribution >= 0.6 is 0 Å². The van der Waals surface area contributed by atoms with E-state index in [1.54, 1.807) is 0 Å². The molecule has 2 N–H and O–H groups in total. The van der Waals surface area contributed by atoms with Crippen LogP contribution in [-0.2, 0) is 0 Å². The van der Waals surface area contributed by atoms with E-state index in [-0.39, 0.29) is 6.03 Å². The third kappa shape index (κ3) is 2.70. The summed E-state index contributed by atoms with van der Waals surface area (Å²) in [5.41, 5.74) is 0. The normalized spacial score (nSPS) is 24.0. The molecule has 1 atom stereocenters. The van der Waals surface area contributed by atoms with Crippen molar-refractivity contribution in [3.8, 4) is 0 Å². The van der Waals surface area contributed by atoms with E-state index in [4.69, 9.17) is 0 Å². The molecule has 1 unspecified atom stereocenters. The zero-order valence-electron chi connectivity index (χ0n) is 7.76. The SMILES string of the molecule is CCNC(=O)NC1CCN(C)C1. The van der Waals surface area contributed by atoms with Crippen LogP contribution in [0.15, 0.2) is 0 Å². The molecule has 0 saturated carbocycles. The number of nitrogens with one attached hydrogen (secondary N) is 2. The monoisotopic (exact) mass is 171 g/mol. The van der Waals surface area contributed by atoms with E-state index in [0.29, 0.717) is 12.6 Å². The number of carbonyl (C=O) groups is 1. The molecule has 1 saturated heterocycles. The van der Waals surface area contributed by atoms with Crippen LogP contribution < -0.4 is 10.6 Å². The molecule has 0 spiro atoms. The lowest BCUT2D eigenvalue weighted by Crippen LogP contribution is -2.42. The minimum atomic E-state index is -0.0437. The zero-order valence-corrected chi connectivity index (χ0v) is 7.76. The van der Waals surface area contributed by atoms with Crippen molar-refractivity contribution < 1.29 is 4.79 Å². The second-order valence-corrected chi connectivity index (χ2v) is 3.25. The first-order valence-electron chi connectivity index (χ1n) is 4.45. The number of urea groups is 1. The fourth-order valence-corrected chi connectivity index (χ4v) is 1.45. The first-order chi connectivity index (χ1) is 5.72. The van der Waals surface area contributed by atoms with E-state index in [2.05, 4.69) is 22.6 Å². The molecular formula is C8H17N3O. The number of hydrogen-bond donors (Lipinski definition) is 2. The Balaban J connectivity index is 2.18. The van der Waals surface area contributed by atoms with Crippen LogP contribution in [0.3, 0.4) is 0 Å². The highest BCUT2D eigenvalue weighted by molar-refractivity contribution is 5.74. The van der Waals surface area contributed by atoms with Crippen LogP contribution in [-0.4, -0.2) is 43.7 Å². The Morgan fingerprint density at radius 3 is 2.92 bits per heavy atom. The lowest BCUT2D eigenvalue weighted by Gasteiger charge is -2.12. The van der Waals surface area contributed by atoms with Gasteiger partial charge in [-0.15, -0.1) is 0 Å². The summed E-state index contributed by atoms with van der Waals surface area (Å²) in [6, 6.07) is 0.291. The topological polar surface area (TPSA) is 44.4 Å². The van der Waals surface area contributed by atoms with Crippen molar-refractivity contribution in [3.63, 3.8) is 0 Å². The number of likely N-dealkylation sites (tertiary alicyclic amines) is 1. The first kappa shape index (κ1) is 9.32. The second-order valence-electron chi connectivity index (χ2n) is 3.25. The molecule has 0 aliphatic carbocycles. The van der Waals surface area contributed by atoms with Gasteiger partial charge in [0.15, 0.2) is 0 Å². The van der Waals surface area contributed by atoms with E-state index < -0.39 is 0 Å². The molecule has 0 radical (unpaired) electrons. The highest BCUT2D eigenvalue weighted by Crippen LogP contribution is 2.05. The lowest BCUT2D eigenvalue weighted by molar-refractivity contribution is 0.237. The molecule has 0 aromatic rings. The smallest absolute Gasteiger partial charge is 0.315 e. The summed E-state index contributed by atoms with van der Waals surface area (Å²) in [5.74, 6) is 0. The molecular weight excluding hydrogens is 154 g/mol. The van der Waals surface area contributed by atoms with Gasteiger partial charge in [-0.2, -0.15) is 0 Å². The second kappa shape index (κ2) is 4.30. The molecule has 1 aliphatic rings. The molecule has 70 valence electrons. The number of rotatable bonds is 2. The van der Waals surface area contributed by atoms with Gasteiger partial charge in [0.25, 0.3) is 0 Å². The Morgan fingerprint density at radius 2 is 2.42 bits per heavy atom. The molecule has 0 aromatic heterocycles. The summed E-state index contributed by atoms with van der Waals surface area (Å²) in [6.07, 6.45) is 1.06. The van der Waals surface area contributed by atoms with Gasteiger partial charge in [-0.25, -0.2) is 4.79 Å². The molecule has 1 aliphatic heterocycles. The zero-order chi connectivity index (χ0) is 8.97. The van der Waals surface area contributed by atoms with Crippen LogP contribution in [0.4, 0.5) is 4.79 Å².